The molecule has 0 fully saturated rings. The van der Waals surface area contributed by atoms with E-state index in [0.717, 1.165) is 20.3 Å². The van der Waals surface area contributed by atoms with Crippen molar-refractivity contribution in [2.75, 3.05) is 0 Å². The monoisotopic (exact) mass is 389 g/mol. The Morgan fingerprint density at radius 2 is 1.89 bits per heavy atom. The van der Waals surface area contributed by atoms with Gasteiger partial charge in [0.1, 0.15) is 11.5 Å². The molecule has 94 valence electrons. The summed E-state index contributed by atoms with van der Waals surface area (Å²) in [5.41, 5.74) is 6.48. The van der Waals surface area contributed by atoms with Crippen molar-refractivity contribution in [2.24, 2.45) is 5.73 Å². The van der Waals surface area contributed by atoms with E-state index in [-0.39, 0.29) is 0 Å². The lowest BCUT2D eigenvalue weighted by molar-refractivity contribution is 0.473. The third kappa shape index (κ3) is 3.06. The Morgan fingerprint density at radius 3 is 2.56 bits per heavy atom. The molecule has 0 amide bonds. The molecule has 0 saturated carbocycles. The number of hydrogen-bond acceptors (Lipinski definition) is 2. The Hall–Kier alpha value is -0.550. The first-order valence-corrected chi connectivity index (χ1v) is 7.18. The molecule has 2 aromatic carbocycles. The number of ether oxygens (including phenoxy) is 1. The normalized spacial score (nSPS) is 10.4. The van der Waals surface area contributed by atoms with Crippen LogP contribution in [0.2, 0.25) is 5.02 Å². The van der Waals surface area contributed by atoms with Gasteiger partial charge >= 0.3 is 0 Å². The quantitative estimate of drug-likeness (QED) is 0.789. The summed E-state index contributed by atoms with van der Waals surface area (Å²) in [6.45, 7) is 0.336. The summed E-state index contributed by atoms with van der Waals surface area (Å²) in [5, 5.41) is 0.614. The minimum Gasteiger partial charge on any atom is -0.456 e. The summed E-state index contributed by atoms with van der Waals surface area (Å²) in [4.78, 5) is 0. The Balaban J connectivity index is 2.37. The summed E-state index contributed by atoms with van der Waals surface area (Å²) < 4.78 is 7.67. The summed E-state index contributed by atoms with van der Waals surface area (Å²) in [6.07, 6.45) is 0. The van der Waals surface area contributed by atoms with Crippen LogP contribution in [0.4, 0.5) is 0 Å². The van der Waals surface area contributed by atoms with Crippen molar-refractivity contribution in [3.8, 4) is 11.5 Å². The topological polar surface area (TPSA) is 35.2 Å². The molecule has 5 heteroatoms. The van der Waals surface area contributed by atoms with Crippen molar-refractivity contribution in [1.29, 1.82) is 0 Å². The van der Waals surface area contributed by atoms with Crippen LogP contribution in [0.3, 0.4) is 0 Å². The van der Waals surface area contributed by atoms with Gasteiger partial charge in [0.2, 0.25) is 0 Å². The van der Waals surface area contributed by atoms with E-state index in [1.165, 1.54) is 0 Å². The lowest BCUT2D eigenvalue weighted by atomic mass is 10.2. The second kappa shape index (κ2) is 6.06. The smallest absolute Gasteiger partial charge is 0.141 e. The van der Waals surface area contributed by atoms with Crippen LogP contribution in [0.1, 0.15) is 5.56 Å². The van der Waals surface area contributed by atoms with Gasteiger partial charge in [0.25, 0.3) is 0 Å². The maximum Gasteiger partial charge on any atom is 0.141 e. The Kier molecular flexibility index (Phi) is 4.67. The standard InChI is InChI=1S/C13H10Br2ClNO/c14-8-4-5-13(10(15)6-8)18-12-3-1-2-11(16)9(12)7-17/h1-6H,7,17H2. The highest BCUT2D eigenvalue weighted by Crippen LogP contribution is 2.35. The van der Waals surface area contributed by atoms with Crippen LogP contribution in [0.5, 0.6) is 11.5 Å². The van der Waals surface area contributed by atoms with Crippen LogP contribution < -0.4 is 10.5 Å². The zero-order chi connectivity index (χ0) is 13.1. The van der Waals surface area contributed by atoms with Gasteiger partial charge in [0.15, 0.2) is 0 Å². The second-order valence-electron chi connectivity index (χ2n) is 3.60. The van der Waals surface area contributed by atoms with E-state index in [4.69, 9.17) is 22.1 Å². The minimum absolute atomic E-state index is 0.336. The van der Waals surface area contributed by atoms with Gasteiger partial charge in [0.05, 0.1) is 4.47 Å². The third-order valence-electron chi connectivity index (χ3n) is 2.39. The molecule has 0 aliphatic carbocycles. The average Bonchev–Trinajstić information content (AvgIpc) is 2.33. The Labute approximate surface area is 127 Å². The molecule has 0 aliphatic heterocycles. The molecule has 18 heavy (non-hydrogen) atoms. The molecule has 0 spiro atoms. The Bertz CT molecular complexity index is 575. The fraction of sp³-hybridized carbons (Fsp3) is 0.0769. The van der Waals surface area contributed by atoms with Gasteiger partial charge in [0, 0.05) is 21.6 Å². The van der Waals surface area contributed by atoms with Crippen LogP contribution >= 0.6 is 43.5 Å². The first-order chi connectivity index (χ1) is 8.61. The number of nitrogens with two attached hydrogens (primary N) is 1. The van der Waals surface area contributed by atoms with Crippen molar-refractivity contribution >= 4 is 43.5 Å². The summed E-state index contributed by atoms with van der Waals surface area (Å²) >= 11 is 12.9. The zero-order valence-corrected chi connectivity index (χ0v) is 13.2. The van der Waals surface area contributed by atoms with Crippen molar-refractivity contribution in [2.45, 2.75) is 6.54 Å². The second-order valence-corrected chi connectivity index (χ2v) is 5.77. The number of rotatable bonds is 3. The van der Waals surface area contributed by atoms with E-state index in [0.29, 0.717) is 17.3 Å². The van der Waals surface area contributed by atoms with E-state index >= 15 is 0 Å². The maximum absolute atomic E-state index is 6.08. The van der Waals surface area contributed by atoms with Crippen LogP contribution in [-0.4, -0.2) is 0 Å². The van der Waals surface area contributed by atoms with Crippen molar-refractivity contribution < 1.29 is 4.74 Å². The molecule has 0 bridgehead atoms. The SMILES string of the molecule is NCc1c(Cl)cccc1Oc1ccc(Br)cc1Br. The van der Waals surface area contributed by atoms with Gasteiger partial charge in [-0.15, -0.1) is 0 Å². The fourth-order valence-electron chi connectivity index (χ4n) is 1.51. The predicted molar refractivity (Wildman–Crippen MR) is 81.3 cm³/mol. The van der Waals surface area contributed by atoms with E-state index in [9.17, 15) is 0 Å². The molecule has 0 unspecified atom stereocenters. The molecule has 2 nitrogen and oxygen atoms in total. The van der Waals surface area contributed by atoms with Gasteiger partial charge in [-0.05, 0) is 46.3 Å². The Morgan fingerprint density at radius 1 is 1.11 bits per heavy atom. The fourth-order valence-corrected chi connectivity index (χ4v) is 2.88. The highest BCUT2D eigenvalue weighted by molar-refractivity contribution is 9.11. The third-order valence-corrected chi connectivity index (χ3v) is 3.86. The number of hydrogen-bond donors (Lipinski definition) is 1. The number of benzene rings is 2. The summed E-state index contributed by atoms with van der Waals surface area (Å²) in [6, 6.07) is 11.2. The first kappa shape index (κ1) is 13.9. The van der Waals surface area contributed by atoms with Crippen molar-refractivity contribution in [1.82, 2.24) is 0 Å². The number of halogens is 3. The molecule has 0 atom stereocenters. The first-order valence-electron chi connectivity index (χ1n) is 5.22. The molecule has 0 aliphatic rings. The molecule has 0 aromatic heterocycles. The van der Waals surface area contributed by atoms with Gasteiger partial charge < -0.3 is 10.5 Å². The van der Waals surface area contributed by atoms with Gasteiger partial charge in [-0.25, -0.2) is 0 Å². The average molecular weight is 391 g/mol. The molecule has 2 rings (SSSR count). The molecule has 0 heterocycles. The van der Waals surface area contributed by atoms with E-state index in [1.807, 2.05) is 30.3 Å². The molecule has 0 saturated heterocycles. The lowest BCUT2D eigenvalue weighted by Crippen LogP contribution is -2.00. The van der Waals surface area contributed by atoms with Crippen LogP contribution in [-0.2, 0) is 6.54 Å². The van der Waals surface area contributed by atoms with Crippen LogP contribution in [0.25, 0.3) is 0 Å². The lowest BCUT2D eigenvalue weighted by Gasteiger charge is -2.12. The zero-order valence-electron chi connectivity index (χ0n) is 9.29. The maximum atomic E-state index is 6.08. The van der Waals surface area contributed by atoms with Crippen molar-refractivity contribution in [3.63, 3.8) is 0 Å². The predicted octanol–water partition coefficient (Wildman–Crippen LogP) is 5.12. The molecule has 2 N–H and O–H groups in total. The summed E-state index contributed by atoms with van der Waals surface area (Å²) in [7, 11) is 0. The molecule has 0 radical (unpaired) electrons. The van der Waals surface area contributed by atoms with Crippen LogP contribution in [0.15, 0.2) is 45.3 Å². The van der Waals surface area contributed by atoms with E-state index in [2.05, 4.69) is 31.9 Å². The minimum atomic E-state index is 0.336. The molecule has 2 aromatic rings. The summed E-state index contributed by atoms with van der Waals surface area (Å²) in [5.74, 6) is 1.39. The molecular formula is C13H10Br2ClNO. The van der Waals surface area contributed by atoms with E-state index < -0.39 is 0 Å². The largest absolute Gasteiger partial charge is 0.456 e. The van der Waals surface area contributed by atoms with Crippen molar-refractivity contribution in [3.05, 3.63) is 55.9 Å². The highest BCUT2D eigenvalue weighted by Gasteiger charge is 2.09. The molecular weight excluding hydrogens is 381 g/mol. The van der Waals surface area contributed by atoms with Gasteiger partial charge in [-0.1, -0.05) is 33.6 Å². The van der Waals surface area contributed by atoms with Crippen LogP contribution in [0, 0.1) is 0 Å². The van der Waals surface area contributed by atoms with E-state index in [1.54, 1.807) is 6.07 Å². The highest BCUT2D eigenvalue weighted by atomic mass is 79.9. The van der Waals surface area contributed by atoms with Gasteiger partial charge in [-0.3, -0.25) is 0 Å². The van der Waals surface area contributed by atoms with Gasteiger partial charge in [-0.2, -0.15) is 0 Å².